The first-order chi connectivity index (χ1) is 18.2. The van der Waals surface area contributed by atoms with E-state index in [1.807, 2.05) is 57.2 Å². The number of fused-ring (bicyclic) bond motifs is 1. The van der Waals surface area contributed by atoms with Crippen LogP contribution in [0.4, 0.5) is 0 Å². The van der Waals surface area contributed by atoms with Crippen LogP contribution in [0.1, 0.15) is 35.9 Å². The summed E-state index contributed by atoms with van der Waals surface area (Å²) in [6.45, 7) is 5.38. The molecule has 2 heterocycles. The lowest BCUT2D eigenvalue weighted by Crippen LogP contribution is -2.33. The molecule has 0 atom stereocenters. The first-order valence-corrected chi connectivity index (χ1v) is 12.4. The molecule has 0 bridgehead atoms. The maximum atomic E-state index is 11.8. The van der Waals surface area contributed by atoms with E-state index in [2.05, 4.69) is 20.3 Å². The molecule has 0 saturated carbocycles. The normalized spacial score (nSPS) is 10.9. The van der Waals surface area contributed by atoms with Crippen LogP contribution in [0.5, 0.6) is 11.6 Å². The van der Waals surface area contributed by atoms with Crippen LogP contribution in [0, 0.1) is 13.8 Å². The molecular weight excluding hydrogens is 512 g/mol. The summed E-state index contributed by atoms with van der Waals surface area (Å²) < 4.78 is 17.6. The van der Waals surface area contributed by atoms with Gasteiger partial charge in [-0.3, -0.25) is 9.59 Å². The second kappa shape index (κ2) is 11.9. The van der Waals surface area contributed by atoms with Crippen LogP contribution in [0.3, 0.4) is 0 Å². The first kappa shape index (κ1) is 26.9. The van der Waals surface area contributed by atoms with Crippen molar-refractivity contribution in [2.75, 3.05) is 19.8 Å². The highest BCUT2D eigenvalue weighted by atomic mass is 35.5. The average Bonchev–Trinajstić information content (AvgIpc) is 3.31. The number of rotatable bonds is 11. The van der Waals surface area contributed by atoms with Gasteiger partial charge in [0.2, 0.25) is 11.8 Å². The molecule has 0 spiro atoms. The van der Waals surface area contributed by atoms with Crippen molar-refractivity contribution >= 4 is 34.7 Å². The number of carboxylic acid groups (broad SMARTS) is 1. The Bertz CT molecular complexity index is 1450. The minimum Gasteiger partial charge on any atom is -0.483 e. The van der Waals surface area contributed by atoms with Gasteiger partial charge in [-0.2, -0.15) is 9.97 Å². The molecule has 198 valence electrons. The number of nitrogens with zero attached hydrogens (tertiary/aromatic N) is 3. The Morgan fingerprint density at radius 2 is 1.76 bits per heavy atom. The van der Waals surface area contributed by atoms with Gasteiger partial charge < -0.3 is 24.3 Å². The van der Waals surface area contributed by atoms with Crippen molar-refractivity contribution in [3.8, 4) is 23.1 Å². The van der Waals surface area contributed by atoms with Gasteiger partial charge in [0.05, 0.1) is 6.61 Å². The largest absolute Gasteiger partial charge is 0.483 e. The second-order valence-corrected chi connectivity index (χ2v) is 9.10. The van der Waals surface area contributed by atoms with Crippen LogP contribution in [0.15, 0.2) is 40.8 Å². The lowest BCUT2D eigenvalue weighted by Gasteiger charge is -2.13. The Morgan fingerprint density at radius 1 is 1.05 bits per heavy atom. The van der Waals surface area contributed by atoms with Crippen LogP contribution in [-0.4, -0.2) is 51.7 Å². The molecule has 0 radical (unpaired) electrons. The molecule has 0 saturated heterocycles. The van der Waals surface area contributed by atoms with Crippen molar-refractivity contribution in [1.82, 2.24) is 20.3 Å². The van der Waals surface area contributed by atoms with Gasteiger partial charge in [0, 0.05) is 17.0 Å². The summed E-state index contributed by atoms with van der Waals surface area (Å²) in [5.74, 6) is 0.103. The summed E-state index contributed by atoms with van der Waals surface area (Å²) >= 11 is 6.00. The van der Waals surface area contributed by atoms with E-state index in [1.54, 1.807) is 0 Å². The fraction of sp³-hybridized carbons (Fsp3) is 0.296. The lowest BCUT2D eigenvalue weighted by atomic mass is 10.1. The first-order valence-electron chi connectivity index (χ1n) is 12.0. The number of carbonyl (C=O) groups is 2. The number of aromatic nitrogens is 3. The standard InChI is InChI=1S/C27H27ClN4O6/c1-4-9-36-26-23-27(31-20(30-26)12-17-5-7-19(28)8-6-17)38-25(32-23)18-10-15(2)24(16(3)11-18)37-14-21(33)29-13-22(34)35/h5-8,10-11H,4,9,12-14H2,1-3H3,(H,29,33)(H,34,35). The van der Waals surface area contributed by atoms with Crippen molar-refractivity contribution in [2.24, 2.45) is 0 Å². The van der Waals surface area contributed by atoms with Gasteiger partial charge in [0.1, 0.15) is 18.1 Å². The summed E-state index contributed by atoms with van der Waals surface area (Å²) in [5, 5.41) is 11.6. The van der Waals surface area contributed by atoms with Crippen molar-refractivity contribution in [3.63, 3.8) is 0 Å². The number of ether oxygens (including phenoxy) is 2. The van der Waals surface area contributed by atoms with E-state index in [-0.39, 0.29) is 6.61 Å². The van der Waals surface area contributed by atoms with E-state index in [0.29, 0.717) is 58.2 Å². The highest BCUT2D eigenvalue weighted by Crippen LogP contribution is 2.33. The molecule has 0 aliphatic rings. The van der Waals surface area contributed by atoms with Crippen LogP contribution in [0.25, 0.3) is 22.7 Å². The Kier molecular flexibility index (Phi) is 8.42. The van der Waals surface area contributed by atoms with Crippen LogP contribution in [-0.2, 0) is 16.0 Å². The highest BCUT2D eigenvalue weighted by Gasteiger charge is 2.19. The van der Waals surface area contributed by atoms with Crippen LogP contribution in [0.2, 0.25) is 5.02 Å². The maximum absolute atomic E-state index is 11.8. The predicted octanol–water partition coefficient (Wildman–Crippen LogP) is 4.51. The number of oxazole rings is 1. The smallest absolute Gasteiger partial charge is 0.322 e. The van der Waals surface area contributed by atoms with Gasteiger partial charge in [0.15, 0.2) is 12.1 Å². The van der Waals surface area contributed by atoms with Gasteiger partial charge >= 0.3 is 5.97 Å². The molecule has 0 aliphatic heterocycles. The number of carbonyl (C=O) groups excluding carboxylic acids is 1. The molecule has 2 N–H and O–H groups in total. The summed E-state index contributed by atoms with van der Waals surface area (Å²) in [4.78, 5) is 36.3. The minimum atomic E-state index is -1.13. The van der Waals surface area contributed by atoms with Crippen molar-refractivity contribution < 1.29 is 28.6 Å². The number of nitrogens with one attached hydrogen (secondary N) is 1. The third-order valence-electron chi connectivity index (χ3n) is 5.48. The number of amides is 1. The number of hydrogen-bond acceptors (Lipinski definition) is 8. The second-order valence-electron chi connectivity index (χ2n) is 8.67. The Morgan fingerprint density at radius 3 is 2.42 bits per heavy atom. The van der Waals surface area contributed by atoms with E-state index in [4.69, 9.17) is 30.6 Å². The fourth-order valence-electron chi connectivity index (χ4n) is 3.79. The SMILES string of the molecule is CCCOc1nc(Cc2ccc(Cl)cc2)nc2oc(-c3cc(C)c(OCC(=O)NCC(=O)O)c(C)c3)nc12. The molecule has 11 heteroatoms. The van der Waals surface area contributed by atoms with E-state index >= 15 is 0 Å². The molecule has 2 aromatic carbocycles. The summed E-state index contributed by atoms with van der Waals surface area (Å²) in [7, 11) is 0. The zero-order chi connectivity index (χ0) is 27.2. The number of aryl methyl sites for hydroxylation is 2. The molecule has 2 aromatic heterocycles. The zero-order valence-electron chi connectivity index (χ0n) is 21.2. The number of halogens is 1. The molecule has 4 aromatic rings. The third kappa shape index (κ3) is 6.57. The quantitative estimate of drug-likeness (QED) is 0.282. The molecular formula is C27H27ClN4O6. The molecule has 0 fully saturated rings. The van der Waals surface area contributed by atoms with Gasteiger partial charge in [-0.1, -0.05) is 30.7 Å². The summed E-state index contributed by atoms with van der Waals surface area (Å²) in [6.07, 6.45) is 1.27. The van der Waals surface area contributed by atoms with E-state index in [9.17, 15) is 9.59 Å². The lowest BCUT2D eigenvalue weighted by molar-refractivity contribution is -0.138. The average molecular weight is 539 g/mol. The topological polar surface area (TPSA) is 137 Å². The van der Waals surface area contributed by atoms with Gasteiger partial charge in [-0.25, -0.2) is 4.98 Å². The van der Waals surface area contributed by atoms with Crippen LogP contribution < -0.4 is 14.8 Å². The molecule has 0 aliphatic carbocycles. The van der Waals surface area contributed by atoms with Crippen LogP contribution >= 0.6 is 11.6 Å². The van der Waals surface area contributed by atoms with Gasteiger partial charge in [-0.05, 0) is 61.2 Å². The molecule has 1 amide bonds. The van der Waals surface area contributed by atoms with E-state index in [1.165, 1.54) is 0 Å². The van der Waals surface area contributed by atoms with Gasteiger partial charge in [-0.15, -0.1) is 0 Å². The van der Waals surface area contributed by atoms with E-state index < -0.39 is 18.4 Å². The van der Waals surface area contributed by atoms with Crippen molar-refractivity contribution in [2.45, 2.75) is 33.6 Å². The fourth-order valence-corrected chi connectivity index (χ4v) is 3.92. The zero-order valence-corrected chi connectivity index (χ0v) is 22.0. The Labute approximate surface area is 224 Å². The van der Waals surface area contributed by atoms with E-state index in [0.717, 1.165) is 23.1 Å². The number of benzene rings is 2. The predicted molar refractivity (Wildman–Crippen MR) is 141 cm³/mol. The number of aliphatic carboxylic acids is 1. The maximum Gasteiger partial charge on any atom is 0.322 e. The highest BCUT2D eigenvalue weighted by molar-refractivity contribution is 6.30. The molecule has 4 rings (SSSR count). The van der Waals surface area contributed by atoms with Crippen molar-refractivity contribution in [1.29, 1.82) is 0 Å². The monoisotopic (exact) mass is 538 g/mol. The van der Waals surface area contributed by atoms with Gasteiger partial charge in [0.25, 0.3) is 11.6 Å². The minimum absolute atomic E-state index is 0.304. The Hall–Kier alpha value is -4.18. The third-order valence-corrected chi connectivity index (χ3v) is 5.74. The molecule has 0 unspecified atom stereocenters. The Balaban J connectivity index is 1.61. The summed E-state index contributed by atoms with van der Waals surface area (Å²) in [6, 6.07) is 11.1. The summed E-state index contributed by atoms with van der Waals surface area (Å²) in [5.41, 5.74) is 3.94. The number of hydrogen-bond donors (Lipinski definition) is 2. The number of carboxylic acids is 1. The van der Waals surface area contributed by atoms with Crippen molar-refractivity contribution in [3.05, 3.63) is 63.9 Å². The molecule has 10 nitrogen and oxygen atoms in total. The molecule has 38 heavy (non-hydrogen) atoms.